The van der Waals surface area contributed by atoms with E-state index in [4.69, 9.17) is 9.84 Å². The molecule has 2 N–H and O–H groups in total. The number of nitrogens with zero attached hydrogens (tertiary/aromatic N) is 1. The minimum Gasteiger partial charge on any atom is -0.497 e. The summed E-state index contributed by atoms with van der Waals surface area (Å²) in [7, 11) is 1.52. The van der Waals surface area contributed by atoms with Crippen molar-refractivity contribution in [2.24, 2.45) is 0 Å². The molecule has 0 aromatic heterocycles. The molecule has 0 unspecified atom stereocenters. The number of aliphatic hydroxyl groups excluding tert-OH is 1. The van der Waals surface area contributed by atoms with E-state index in [0.29, 0.717) is 18.0 Å². The first-order valence-electron chi connectivity index (χ1n) is 5.86. The molecule has 0 aliphatic rings. The van der Waals surface area contributed by atoms with Crippen LogP contribution >= 0.6 is 0 Å². The lowest BCUT2D eigenvalue weighted by atomic mass is 10.2. The minimum absolute atomic E-state index is 0.0398. The highest BCUT2D eigenvalue weighted by Crippen LogP contribution is 2.28. The quantitative estimate of drug-likeness (QED) is 0.422. The fraction of sp³-hybridized carbons (Fsp3) is 0.500. The van der Waals surface area contributed by atoms with Crippen molar-refractivity contribution in [3.05, 3.63) is 28.3 Å². The number of benzene rings is 1. The van der Waals surface area contributed by atoms with Gasteiger partial charge >= 0.3 is 0 Å². The van der Waals surface area contributed by atoms with Crippen molar-refractivity contribution in [3.8, 4) is 5.75 Å². The molecule has 0 radical (unpaired) electrons. The largest absolute Gasteiger partial charge is 0.497 e. The minimum atomic E-state index is -0.421. The van der Waals surface area contributed by atoms with Gasteiger partial charge in [-0.05, 0) is 25.3 Å². The molecule has 0 fully saturated rings. The lowest BCUT2D eigenvalue weighted by Gasteiger charge is -2.08. The van der Waals surface area contributed by atoms with Crippen LogP contribution in [-0.4, -0.2) is 30.3 Å². The van der Waals surface area contributed by atoms with Gasteiger partial charge in [0.1, 0.15) is 11.4 Å². The van der Waals surface area contributed by atoms with Gasteiger partial charge in [0.25, 0.3) is 5.69 Å². The van der Waals surface area contributed by atoms with Crippen molar-refractivity contribution in [1.82, 2.24) is 0 Å². The Balaban J connectivity index is 2.63. The van der Waals surface area contributed by atoms with Crippen LogP contribution in [0.2, 0.25) is 0 Å². The Bertz CT molecular complexity index is 396. The molecule has 100 valence electrons. The zero-order valence-corrected chi connectivity index (χ0v) is 10.4. The number of rotatable bonds is 8. The molecule has 0 amide bonds. The molecule has 0 saturated carbocycles. The van der Waals surface area contributed by atoms with Crippen molar-refractivity contribution in [2.75, 3.05) is 25.6 Å². The van der Waals surface area contributed by atoms with E-state index >= 15 is 0 Å². The highest BCUT2D eigenvalue weighted by Gasteiger charge is 2.13. The zero-order chi connectivity index (χ0) is 13.4. The second-order valence-corrected chi connectivity index (χ2v) is 3.85. The molecule has 18 heavy (non-hydrogen) atoms. The van der Waals surface area contributed by atoms with Crippen LogP contribution < -0.4 is 10.1 Å². The van der Waals surface area contributed by atoms with Gasteiger partial charge in [-0.3, -0.25) is 10.1 Å². The molecule has 0 aliphatic heterocycles. The van der Waals surface area contributed by atoms with Gasteiger partial charge in [-0.25, -0.2) is 0 Å². The summed E-state index contributed by atoms with van der Waals surface area (Å²) in [6.07, 6.45) is 2.50. The summed E-state index contributed by atoms with van der Waals surface area (Å²) in [5, 5.41) is 22.5. The Labute approximate surface area is 106 Å². The van der Waals surface area contributed by atoms with Crippen LogP contribution in [-0.2, 0) is 0 Å². The van der Waals surface area contributed by atoms with Crippen molar-refractivity contribution in [1.29, 1.82) is 0 Å². The number of nitrogens with one attached hydrogen (secondary N) is 1. The van der Waals surface area contributed by atoms with Crippen LogP contribution in [0.5, 0.6) is 5.75 Å². The summed E-state index contributed by atoms with van der Waals surface area (Å²) >= 11 is 0. The normalized spacial score (nSPS) is 10.1. The standard InChI is InChI=1S/C12H18N2O4/c1-18-10-5-6-12(14(16)17)11(9-10)13-7-3-2-4-8-15/h5-6,9,13,15H,2-4,7-8H2,1H3. The van der Waals surface area contributed by atoms with Gasteiger partial charge in [-0.2, -0.15) is 0 Å². The lowest BCUT2D eigenvalue weighted by Crippen LogP contribution is -2.05. The van der Waals surface area contributed by atoms with Gasteiger partial charge in [0.15, 0.2) is 0 Å². The first kappa shape index (κ1) is 14.2. The third-order valence-electron chi connectivity index (χ3n) is 2.55. The van der Waals surface area contributed by atoms with E-state index in [1.165, 1.54) is 13.2 Å². The highest BCUT2D eigenvalue weighted by atomic mass is 16.6. The van der Waals surface area contributed by atoms with Crippen molar-refractivity contribution < 1.29 is 14.8 Å². The number of ether oxygens (including phenoxy) is 1. The zero-order valence-electron chi connectivity index (χ0n) is 10.4. The Hall–Kier alpha value is -1.82. The van der Waals surface area contributed by atoms with Crippen LogP contribution in [0.3, 0.4) is 0 Å². The number of hydrogen-bond donors (Lipinski definition) is 2. The van der Waals surface area contributed by atoms with Crippen molar-refractivity contribution in [2.45, 2.75) is 19.3 Å². The first-order chi connectivity index (χ1) is 8.69. The monoisotopic (exact) mass is 254 g/mol. The molecule has 0 aliphatic carbocycles. The fourth-order valence-electron chi connectivity index (χ4n) is 1.58. The maximum atomic E-state index is 10.8. The Morgan fingerprint density at radius 1 is 1.39 bits per heavy atom. The Morgan fingerprint density at radius 2 is 2.17 bits per heavy atom. The molecule has 6 nitrogen and oxygen atoms in total. The molecule has 0 spiro atoms. The summed E-state index contributed by atoms with van der Waals surface area (Å²) in [5.74, 6) is 0.582. The van der Waals surface area contributed by atoms with Crippen LogP contribution in [0.25, 0.3) is 0 Å². The number of aliphatic hydroxyl groups is 1. The van der Waals surface area contributed by atoms with Gasteiger partial charge in [0.05, 0.1) is 12.0 Å². The van der Waals surface area contributed by atoms with Crippen LogP contribution in [0, 0.1) is 10.1 Å². The molecule has 0 atom stereocenters. The van der Waals surface area contributed by atoms with Crippen LogP contribution in [0.1, 0.15) is 19.3 Å². The van der Waals surface area contributed by atoms with Crippen LogP contribution in [0.4, 0.5) is 11.4 Å². The average molecular weight is 254 g/mol. The number of nitro groups is 1. The number of anilines is 1. The van der Waals surface area contributed by atoms with E-state index in [2.05, 4.69) is 5.32 Å². The first-order valence-corrected chi connectivity index (χ1v) is 5.86. The Kier molecular flexibility index (Phi) is 5.93. The van der Waals surface area contributed by atoms with Crippen molar-refractivity contribution in [3.63, 3.8) is 0 Å². The van der Waals surface area contributed by atoms with E-state index < -0.39 is 4.92 Å². The van der Waals surface area contributed by atoms with E-state index in [1.807, 2.05) is 0 Å². The summed E-state index contributed by atoms with van der Waals surface area (Å²) in [6.45, 7) is 0.813. The third-order valence-corrected chi connectivity index (χ3v) is 2.55. The number of unbranched alkanes of at least 4 members (excludes halogenated alkanes) is 2. The maximum absolute atomic E-state index is 10.8. The van der Waals surface area contributed by atoms with Crippen molar-refractivity contribution >= 4 is 11.4 Å². The molecule has 0 heterocycles. The summed E-state index contributed by atoms with van der Waals surface area (Å²) in [4.78, 5) is 10.4. The maximum Gasteiger partial charge on any atom is 0.292 e. The number of hydrogen-bond acceptors (Lipinski definition) is 5. The molecule has 1 rings (SSSR count). The third kappa shape index (κ3) is 4.21. The van der Waals surface area contributed by atoms with Gasteiger partial charge < -0.3 is 15.2 Å². The van der Waals surface area contributed by atoms with Gasteiger partial charge in [-0.1, -0.05) is 0 Å². The second kappa shape index (κ2) is 7.50. The van der Waals surface area contributed by atoms with E-state index in [1.54, 1.807) is 12.1 Å². The van der Waals surface area contributed by atoms with E-state index in [0.717, 1.165) is 19.3 Å². The average Bonchev–Trinajstić information content (AvgIpc) is 2.38. The molecular formula is C12H18N2O4. The molecular weight excluding hydrogens is 236 g/mol. The second-order valence-electron chi connectivity index (χ2n) is 3.85. The number of methoxy groups -OCH3 is 1. The van der Waals surface area contributed by atoms with Gasteiger partial charge in [-0.15, -0.1) is 0 Å². The fourth-order valence-corrected chi connectivity index (χ4v) is 1.58. The lowest BCUT2D eigenvalue weighted by molar-refractivity contribution is -0.384. The molecule has 6 heteroatoms. The topological polar surface area (TPSA) is 84.6 Å². The SMILES string of the molecule is COc1ccc([N+](=O)[O-])c(NCCCCCO)c1. The van der Waals surface area contributed by atoms with Gasteiger partial charge in [0, 0.05) is 25.3 Å². The number of nitro benzene ring substituents is 1. The molecule has 0 saturated heterocycles. The Morgan fingerprint density at radius 3 is 2.78 bits per heavy atom. The molecule has 0 bridgehead atoms. The summed E-state index contributed by atoms with van der Waals surface area (Å²) in [5.41, 5.74) is 0.501. The molecule has 1 aromatic rings. The smallest absolute Gasteiger partial charge is 0.292 e. The van der Waals surface area contributed by atoms with Gasteiger partial charge in [0.2, 0.25) is 0 Å². The van der Waals surface area contributed by atoms with E-state index in [-0.39, 0.29) is 12.3 Å². The highest BCUT2D eigenvalue weighted by molar-refractivity contribution is 5.64. The van der Waals surface area contributed by atoms with Crippen LogP contribution in [0.15, 0.2) is 18.2 Å². The predicted molar refractivity (Wildman–Crippen MR) is 69.1 cm³/mol. The summed E-state index contributed by atoms with van der Waals surface area (Å²) < 4.78 is 5.04. The molecule has 1 aromatic carbocycles. The summed E-state index contributed by atoms with van der Waals surface area (Å²) in [6, 6.07) is 4.61. The van der Waals surface area contributed by atoms with E-state index in [9.17, 15) is 10.1 Å². The predicted octanol–water partition coefficient (Wildman–Crippen LogP) is 2.18.